The van der Waals surface area contributed by atoms with E-state index >= 15 is 0 Å². The van der Waals surface area contributed by atoms with Gasteiger partial charge in [0, 0.05) is 7.05 Å². The molecule has 0 radical (unpaired) electrons. The van der Waals surface area contributed by atoms with Gasteiger partial charge in [-0.25, -0.2) is 14.5 Å². The van der Waals surface area contributed by atoms with Gasteiger partial charge in [-0.05, 0) is 19.3 Å². The molecule has 8 nitrogen and oxygen atoms in total. The van der Waals surface area contributed by atoms with Crippen LogP contribution in [0.15, 0.2) is 12.5 Å². The summed E-state index contributed by atoms with van der Waals surface area (Å²) in [5.74, 6) is -1.14. The summed E-state index contributed by atoms with van der Waals surface area (Å²) in [7, 11) is 1.77. The number of rotatable bonds is 3. The van der Waals surface area contributed by atoms with Crippen molar-refractivity contribution in [1.29, 1.82) is 0 Å². The van der Waals surface area contributed by atoms with Gasteiger partial charge in [-0.2, -0.15) is 0 Å². The third-order valence-corrected chi connectivity index (χ3v) is 3.71. The largest absolute Gasteiger partial charge is 0.476 e. The quantitative estimate of drug-likeness (QED) is 0.844. The Balaban J connectivity index is 2.16. The SMILES string of the molecule is Cn1cncc1-c1c(C(=O)O)nnn1C1CCCC1O. The van der Waals surface area contributed by atoms with Gasteiger partial charge in [0.05, 0.1) is 30.4 Å². The van der Waals surface area contributed by atoms with Gasteiger partial charge in [-0.3, -0.25) is 0 Å². The normalized spacial score (nSPS) is 22.3. The van der Waals surface area contributed by atoms with Crippen LogP contribution in [0.3, 0.4) is 0 Å². The zero-order chi connectivity index (χ0) is 14.3. The van der Waals surface area contributed by atoms with Gasteiger partial charge in [0.1, 0.15) is 5.69 Å². The Morgan fingerprint density at radius 1 is 1.45 bits per heavy atom. The molecule has 0 saturated heterocycles. The van der Waals surface area contributed by atoms with E-state index in [0.29, 0.717) is 17.8 Å². The van der Waals surface area contributed by atoms with Crippen LogP contribution >= 0.6 is 0 Å². The summed E-state index contributed by atoms with van der Waals surface area (Å²) in [5.41, 5.74) is 0.891. The lowest BCUT2D eigenvalue weighted by Gasteiger charge is -2.17. The van der Waals surface area contributed by atoms with Crippen LogP contribution in [-0.2, 0) is 7.05 Å². The molecule has 2 atom stereocenters. The molecule has 106 valence electrons. The van der Waals surface area contributed by atoms with Crippen molar-refractivity contribution in [2.75, 3.05) is 0 Å². The van der Waals surface area contributed by atoms with Gasteiger partial charge in [-0.1, -0.05) is 5.21 Å². The molecule has 0 aromatic carbocycles. The average Bonchev–Trinajstić information content (AvgIpc) is 3.07. The maximum absolute atomic E-state index is 11.3. The predicted molar refractivity (Wildman–Crippen MR) is 68.1 cm³/mol. The summed E-state index contributed by atoms with van der Waals surface area (Å²) in [6.07, 6.45) is 4.97. The predicted octanol–water partition coefficient (Wildman–Crippen LogP) is 0.463. The molecule has 20 heavy (non-hydrogen) atoms. The molecular formula is C12H15N5O3. The highest BCUT2D eigenvalue weighted by Gasteiger charge is 2.33. The topological polar surface area (TPSA) is 106 Å². The zero-order valence-corrected chi connectivity index (χ0v) is 11.0. The van der Waals surface area contributed by atoms with E-state index in [1.165, 1.54) is 4.68 Å². The highest BCUT2D eigenvalue weighted by molar-refractivity contribution is 5.92. The van der Waals surface area contributed by atoms with Crippen LogP contribution in [0.1, 0.15) is 35.8 Å². The number of hydrogen-bond acceptors (Lipinski definition) is 5. The standard InChI is InChI=1S/C12H15N5O3/c1-16-6-13-5-8(16)11-10(12(19)20)14-15-17(11)7-3-2-4-9(7)18/h5-7,9,18H,2-4H2,1H3,(H,19,20). The molecular weight excluding hydrogens is 262 g/mol. The second kappa shape index (κ2) is 4.71. The molecule has 2 unspecified atom stereocenters. The van der Waals surface area contributed by atoms with E-state index in [2.05, 4.69) is 15.3 Å². The van der Waals surface area contributed by atoms with E-state index in [1.807, 2.05) is 0 Å². The number of nitrogens with zero attached hydrogens (tertiary/aromatic N) is 5. The minimum Gasteiger partial charge on any atom is -0.476 e. The van der Waals surface area contributed by atoms with Gasteiger partial charge in [0.15, 0.2) is 5.69 Å². The summed E-state index contributed by atoms with van der Waals surface area (Å²) < 4.78 is 3.24. The second-order valence-electron chi connectivity index (χ2n) is 4.99. The summed E-state index contributed by atoms with van der Waals surface area (Å²) >= 11 is 0. The number of aliphatic hydroxyl groups excluding tert-OH is 1. The first-order chi connectivity index (χ1) is 9.59. The number of aliphatic hydroxyl groups is 1. The molecule has 2 aromatic rings. The number of aryl methyl sites for hydroxylation is 1. The van der Waals surface area contributed by atoms with Crippen LogP contribution in [0.2, 0.25) is 0 Å². The van der Waals surface area contributed by atoms with E-state index in [4.69, 9.17) is 0 Å². The van der Waals surface area contributed by atoms with Crippen LogP contribution < -0.4 is 0 Å². The molecule has 0 spiro atoms. The molecule has 1 aliphatic carbocycles. The van der Waals surface area contributed by atoms with E-state index in [0.717, 1.165) is 12.8 Å². The lowest BCUT2D eigenvalue weighted by Crippen LogP contribution is -2.21. The van der Waals surface area contributed by atoms with Crippen molar-refractivity contribution in [1.82, 2.24) is 24.5 Å². The van der Waals surface area contributed by atoms with Crippen molar-refractivity contribution in [2.45, 2.75) is 31.4 Å². The minimum absolute atomic E-state index is 0.118. The van der Waals surface area contributed by atoms with Crippen molar-refractivity contribution < 1.29 is 15.0 Å². The zero-order valence-electron chi connectivity index (χ0n) is 11.0. The fraction of sp³-hybridized carbons (Fsp3) is 0.500. The monoisotopic (exact) mass is 277 g/mol. The molecule has 8 heteroatoms. The van der Waals surface area contributed by atoms with Crippen molar-refractivity contribution >= 4 is 5.97 Å². The van der Waals surface area contributed by atoms with Crippen LogP contribution in [0.5, 0.6) is 0 Å². The second-order valence-corrected chi connectivity index (χ2v) is 4.99. The number of carboxylic acids is 1. The first-order valence-electron chi connectivity index (χ1n) is 6.43. The lowest BCUT2D eigenvalue weighted by atomic mass is 10.2. The van der Waals surface area contributed by atoms with Crippen molar-refractivity contribution in [3.05, 3.63) is 18.2 Å². The van der Waals surface area contributed by atoms with E-state index < -0.39 is 12.1 Å². The smallest absolute Gasteiger partial charge is 0.358 e. The molecule has 0 amide bonds. The first-order valence-corrected chi connectivity index (χ1v) is 6.43. The molecule has 3 rings (SSSR count). The Hall–Kier alpha value is -2.22. The lowest BCUT2D eigenvalue weighted by molar-refractivity contribution is 0.0691. The molecule has 2 heterocycles. The third-order valence-electron chi connectivity index (χ3n) is 3.71. The maximum atomic E-state index is 11.3. The van der Waals surface area contributed by atoms with Gasteiger partial charge in [0.25, 0.3) is 0 Å². The number of carbonyl (C=O) groups is 1. The summed E-state index contributed by atoms with van der Waals surface area (Å²) in [6, 6.07) is -0.236. The Bertz CT molecular complexity index is 647. The van der Waals surface area contributed by atoms with Gasteiger partial charge in [-0.15, -0.1) is 5.10 Å². The van der Waals surface area contributed by atoms with Crippen molar-refractivity contribution in [3.63, 3.8) is 0 Å². The highest BCUT2D eigenvalue weighted by atomic mass is 16.4. The molecule has 2 aromatic heterocycles. The maximum Gasteiger partial charge on any atom is 0.358 e. The van der Waals surface area contributed by atoms with E-state index in [9.17, 15) is 15.0 Å². The van der Waals surface area contributed by atoms with Gasteiger partial charge < -0.3 is 14.8 Å². The fourth-order valence-corrected chi connectivity index (χ4v) is 2.70. The Kier molecular flexibility index (Phi) is 3.01. The van der Waals surface area contributed by atoms with Crippen LogP contribution in [0, 0.1) is 0 Å². The average molecular weight is 277 g/mol. The number of aromatic nitrogens is 5. The van der Waals surface area contributed by atoms with E-state index in [1.54, 1.807) is 24.1 Å². The Morgan fingerprint density at radius 3 is 2.80 bits per heavy atom. The van der Waals surface area contributed by atoms with Crippen molar-refractivity contribution in [2.24, 2.45) is 7.05 Å². The number of carboxylic acid groups (broad SMARTS) is 1. The highest BCUT2D eigenvalue weighted by Crippen LogP contribution is 2.34. The van der Waals surface area contributed by atoms with Crippen LogP contribution in [0.25, 0.3) is 11.4 Å². The number of imidazole rings is 1. The molecule has 1 saturated carbocycles. The number of aromatic carboxylic acids is 1. The van der Waals surface area contributed by atoms with Crippen molar-refractivity contribution in [3.8, 4) is 11.4 Å². The van der Waals surface area contributed by atoms with Gasteiger partial charge >= 0.3 is 5.97 Å². The Morgan fingerprint density at radius 2 is 2.25 bits per heavy atom. The summed E-state index contributed by atoms with van der Waals surface area (Å²) in [6.45, 7) is 0. The third kappa shape index (κ3) is 1.88. The van der Waals surface area contributed by atoms with Crippen LogP contribution in [-0.4, -0.2) is 46.8 Å². The van der Waals surface area contributed by atoms with E-state index in [-0.39, 0.29) is 11.7 Å². The molecule has 1 aliphatic rings. The molecule has 1 fully saturated rings. The Labute approximate surface area is 114 Å². The van der Waals surface area contributed by atoms with Gasteiger partial charge in [0.2, 0.25) is 0 Å². The first kappa shape index (κ1) is 12.8. The molecule has 2 N–H and O–H groups in total. The molecule has 0 bridgehead atoms. The summed E-state index contributed by atoms with van der Waals surface area (Å²) in [5, 5.41) is 27.0. The van der Waals surface area contributed by atoms with Crippen LogP contribution in [0.4, 0.5) is 0 Å². The summed E-state index contributed by atoms with van der Waals surface area (Å²) in [4.78, 5) is 15.3. The minimum atomic E-state index is -1.14. The number of hydrogen-bond donors (Lipinski definition) is 2. The fourth-order valence-electron chi connectivity index (χ4n) is 2.70. The molecule has 0 aliphatic heterocycles.